The molecule has 0 radical (unpaired) electrons. The quantitative estimate of drug-likeness (QED) is 0.783. The van der Waals surface area contributed by atoms with Gasteiger partial charge in [0.05, 0.1) is 5.02 Å². The summed E-state index contributed by atoms with van der Waals surface area (Å²) in [6, 6.07) is 13.9. The monoisotopic (exact) mass is 389 g/mol. The van der Waals surface area contributed by atoms with Crippen molar-refractivity contribution in [3.8, 4) is 0 Å². The minimum atomic E-state index is -0.422. The van der Waals surface area contributed by atoms with Crippen LogP contribution in [0.3, 0.4) is 0 Å². The molecule has 3 nitrogen and oxygen atoms in total. The Balaban J connectivity index is 1.31. The molecular weight excluding hydrogens is 369 g/mol. The van der Waals surface area contributed by atoms with E-state index in [9.17, 15) is 4.39 Å². The van der Waals surface area contributed by atoms with Crippen molar-refractivity contribution in [3.63, 3.8) is 0 Å². The van der Waals surface area contributed by atoms with Crippen molar-refractivity contribution in [2.75, 3.05) is 31.5 Å². The van der Waals surface area contributed by atoms with Gasteiger partial charge in [-0.1, -0.05) is 35.9 Å². The summed E-state index contributed by atoms with van der Waals surface area (Å²) in [5.74, 6) is -0.422. The first-order valence-corrected chi connectivity index (χ1v) is 9.70. The highest BCUT2D eigenvalue weighted by molar-refractivity contribution is 7.80. The number of thiocarbonyl (C=S) groups is 1. The normalized spacial score (nSPS) is 18.0. The Bertz CT molecular complexity index is 795. The molecule has 0 unspecified atom stereocenters. The van der Waals surface area contributed by atoms with Gasteiger partial charge < -0.3 is 10.2 Å². The number of piperazine rings is 1. The Morgan fingerprint density at radius 2 is 1.69 bits per heavy atom. The van der Waals surface area contributed by atoms with Crippen molar-refractivity contribution in [2.45, 2.75) is 18.9 Å². The molecule has 1 saturated heterocycles. The van der Waals surface area contributed by atoms with Gasteiger partial charge in [-0.3, -0.25) is 4.90 Å². The Morgan fingerprint density at radius 1 is 1.04 bits per heavy atom. The topological polar surface area (TPSA) is 18.5 Å². The number of nitrogens with one attached hydrogen (secondary N) is 1. The molecule has 26 heavy (non-hydrogen) atoms. The second-order valence-corrected chi connectivity index (χ2v) is 7.71. The molecule has 0 amide bonds. The third kappa shape index (κ3) is 3.70. The zero-order chi connectivity index (χ0) is 18.1. The lowest BCUT2D eigenvalue weighted by Gasteiger charge is -2.39. The highest BCUT2D eigenvalue weighted by Crippen LogP contribution is 2.26. The number of hydrogen-bond acceptors (Lipinski definition) is 2. The van der Waals surface area contributed by atoms with E-state index in [1.807, 2.05) is 0 Å². The average Bonchev–Trinajstić information content (AvgIpc) is 3.09. The number of anilines is 1. The smallest absolute Gasteiger partial charge is 0.173 e. The summed E-state index contributed by atoms with van der Waals surface area (Å²) in [5.41, 5.74) is 3.70. The van der Waals surface area contributed by atoms with E-state index < -0.39 is 5.82 Å². The van der Waals surface area contributed by atoms with Crippen molar-refractivity contribution in [1.29, 1.82) is 0 Å². The Morgan fingerprint density at radius 3 is 2.31 bits per heavy atom. The van der Waals surface area contributed by atoms with Crippen molar-refractivity contribution in [3.05, 3.63) is 64.4 Å². The molecule has 1 N–H and O–H groups in total. The maximum absolute atomic E-state index is 13.3. The summed E-state index contributed by atoms with van der Waals surface area (Å²) in [6.45, 7) is 3.80. The highest BCUT2D eigenvalue weighted by Gasteiger charge is 2.29. The molecule has 1 heterocycles. The van der Waals surface area contributed by atoms with Crippen LogP contribution in [0, 0.1) is 5.82 Å². The lowest BCUT2D eigenvalue weighted by Crippen LogP contribution is -2.53. The number of fused-ring (bicyclic) bond motifs is 1. The maximum atomic E-state index is 13.3. The first-order valence-electron chi connectivity index (χ1n) is 8.92. The molecular formula is C20H21ClFN3S. The molecule has 2 aromatic rings. The third-order valence-corrected chi connectivity index (χ3v) is 5.97. The first-order chi connectivity index (χ1) is 12.6. The molecule has 2 aliphatic rings. The van der Waals surface area contributed by atoms with E-state index in [4.69, 9.17) is 23.8 Å². The van der Waals surface area contributed by atoms with Crippen LogP contribution in [-0.4, -0.2) is 47.1 Å². The third-order valence-electron chi connectivity index (χ3n) is 5.32. The summed E-state index contributed by atoms with van der Waals surface area (Å²) in [4.78, 5) is 4.75. The second kappa shape index (κ2) is 7.51. The number of rotatable bonds is 2. The second-order valence-electron chi connectivity index (χ2n) is 6.91. The SMILES string of the molecule is Fc1ccc(NC(=S)N2CCN(C3Cc4ccccc4C3)CC2)cc1Cl. The van der Waals surface area contributed by atoms with Crippen LogP contribution in [0.4, 0.5) is 10.1 Å². The van der Waals surface area contributed by atoms with Gasteiger partial charge in [0, 0.05) is 37.9 Å². The van der Waals surface area contributed by atoms with E-state index in [0.29, 0.717) is 11.2 Å². The van der Waals surface area contributed by atoms with Gasteiger partial charge >= 0.3 is 0 Å². The molecule has 136 valence electrons. The zero-order valence-corrected chi connectivity index (χ0v) is 16.0. The molecule has 6 heteroatoms. The van der Waals surface area contributed by atoms with Gasteiger partial charge in [0.15, 0.2) is 5.11 Å². The van der Waals surface area contributed by atoms with E-state index in [1.54, 1.807) is 12.1 Å². The highest BCUT2D eigenvalue weighted by atomic mass is 35.5. The number of halogens is 2. The molecule has 0 spiro atoms. The Labute approximate surface area is 163 Å². The Kier molecular flexibility index (Phi) is 5.11. The number of hydrogen-bond donors (Lipinski definition) is 1. The molecule has 2 aromatic carbocycles. The van der Waals surface area contributed by atoms with Gasteiger partial charge in [0.25, 0.3) is 0 Å². The molecule has 4 rings (SSSR count). The molecule has 0 saturated carbocycles. The van der Waals surface area contributed by atoms with Gasteiger partial charge in [0.1, 0.15) is 5.82 Å². The van der Waals surface area contributed by atoms with Crippen LogP contribution in [0.1, 0.15) is 11.1 Å². The molecule has 0 aromatic heterocycles. The zero-order valence-electron chi connectivity index (χ0n) is 14.4. The summed E-state index contributed by atoms with van der Waals surface area (Å²) in [5, 5.41) is 3.93. The summed E-state index contributed by atoms with van der Waals surface area (Å²) in [6.07, 6.45) is 2.29. The van der Waals surface area contributed by atoms with E-state index in [1.165, 1.54) is 17.2 Å². The van der Waals surface area contributed by atoms with E-state index in [2.05, 4.69) is 39.4 Å². The van der Waals surface area contributed by atoms with Crippen molar-refractivity contribution < 1.29 is 4.39 Å². The fourth-order valence-corrected chi connectivity index (χ4v) is 4.34. The van der Waals surface area contributed by atoms with E-state index in [-0.39, 0.29) is 5.02 Å². The Hall–Kier alpha value is -1.69. The van der Waals surface area contributed by atoms with Crippen molar-refractivity contribution in [1.82, 2.24) is 9.80 Å². The fourth-order valence-electron chi connectivity index (χ4n) is 3.86. The fraction of sp³-hybridized carbons (Fsp3) is 0.350. The predicted molar refractivity (Wildman–Crippen MR) is 108 cm³/mol. The average molecular weight is 390 g/mol. The van der Waals surface area contributed by atoms with Crippen molar-refractivity contribution in [2.24, 2.45) is 0 Å². The predicted octanol–water partition coefficient (Wildman–Crippen LogP) is 3.96. The van der Waals surface area contributed by atoms with Gasteiger partial charge in [-0.2, -0.15) is 0 Å². The molecule has 0 atom stereocenters. The summed E-state index contributed by atoms with van der Waals surface area (Å²) >= 11 is 11.4. The maximum Gasteiger partial charge on any atom is 0.173 e. The van der Waals surface area contributed by atoms with Crippen LogP contribution < -0.4 is 5.32 Å². The van der Waals surface area contributed by atoms with Gasteiger partial charge in [-0.15, -0.1) is 0 Å². The molecule has 0 bridgehead atoms. The van der Waals surface area contributed by atoms with Crippen LogP contribution in [0.25, 0.3) is 0 Å². The molecule has 1 aliphatic carbocycles. The lowest BCUT2D eigenvalue weighted by atomic mass is 10.1. The van der Waals surface area contributed by atoms with Gasteiger partial charge in [-0.25, -0.2) is 4.39 Å². The van der Waals surface area contributed by atoms with Crippen LogP contribution in [-0.2, 0) is 12.8 Å². The minimum Gasteiger partial charge on any atom is -0.346 e. The van der Waals surface area contributed by atoms with Crippen LogP contribution in [0.2, 0.25) is 5.02 Å². The van der Waals surface area contributed by atoms with Crippen LogP contribution >= 0.6 is 23.8 Å². The summed E-state index contributed by atoms with van der Waals surface area (Å²) < 4.78 is 13.3. The van der Waals surface area contributed by atoms with Gasteiger partial charge in [0.2, 0.25) is 0 Å². The van der Waals surface area contributed by atoms with Crippen molar-refractivity contribution >= 4 is 34.6 Å². The number of nitrogens with zero attached hydrogens (tertiary/aromatic N) is 2. The number of benzene rings is 2. The lowest BCUT2D eigenvalue weighted by molar-refractivity contribution is 0.137. The van der Waals surface area contributed by atoms with Crippen LogP contribution in [0.15, 0.2) is 42.5 Å². The standard InChI is InChI=1S/C20H21ClFN3S/c21-18-13-16(5-6-19(18)22)23-20(26)25-9-7-24(8-10-25)17-11-14-3-1-2-4-15(14)12-17/h1-6,13,17H,7-12H2,(H,23,26). The summed E-state index contributed by atoms with van der Waals surface area (Å²) in [7, 11) is 0. The van der Waals surface area contributed by atoms with E-state index >= 15 is 0 Å². The first kappa shape index (κ1) is 17.7. The van der Waals surface area contributed by atoms with Crippen LogP contribution in [0.5, 0.6) is 0 Å². The van der Waals surface area contributed by atoms with Gasteiger partial charge in [-0.05, 0) is 54.4 Å². The van der Waals surface area contributed by atoms with E-state index in [0.717, 1.165) is 44.7 Å². The molecule has 1 fully saturated rings. The molecule has 1 aliphatic heterocycles. The largest absolute Gasteiger partial charge is 0.346 e. The minimum absolute atomic E-state index is 0.100.